The molecule has 0 aliphatic carbocycles. The van der Waals surface area contributed by atoms with E-state index < -0.39 is 0 Å². The van der Waals surface area contributed by atoms with Crippen LogP contribution >= 0.6 is 12.6 Å². The summed E-state index contributed by atoms with van der Waals surface area (Å²) < 4.78 is 5.50. The zero-order valence-electron chi connectivity index (χ0n) is 6.97. The first kappa shape index (κ1) is 10.3. The van der Waals surface area contributed by atoms with Crippen LogP contribution in [0.5, 0.6) is 0 Å². The summed E-state index contributed by atoms with van der Waals surface area (Å²) in [6.45, 7) is 5.15. The van der Waals surface area contributed by atoms with Crippen molar-refractivity contribution in [2.24, 2.45) is 0 Å². The Balaban J connectivity index is 3.21. The Labute approximate surface area is 69.6 Å². The van der Waals surface area contributed by atoms with Crippen molar-refractivity contribution in [1.29, 1.82) is 0 Å². The minimum atomic E-state index is 0.470. The van der Waals surface area contributed by atoms with Gasteiger partial charge >= 0.3 is 0 Å². The third kappa shape index (κ3) is 5.12. The van der Waals surface area contributed by atoms with Crippen LogP contribution in [0.25, 0.3) is 0 Å². The smallest absolute Gasteiger partial charge is 0.0572 e. The van der Waals surface area contributed by atoms with Crippen molar-refractivity contribution in [2.75, 3.05) is 12.4 Å². The van der Waals surface area contributed by atoms with E-state index in [1.54, 1.807) is 0 Å². The largest absolute Gasteiger partial charge is 0.377 e. The number of hydrogen-bond acceptors (Lipinski definition) is 2. The minimum absolute atomic E-state index is 0.470. The van der Waals surface area contributed by atoms with Gasteiger partial charge < -0.3 is 4.74 Å². The lowest BCUT2D eigenvalue weighted by atomic mass is 10.2. The second-order valence-electron chi connectivity index (χ2n) is 2.41. The molecule has 0 amide bonds. The number of hydrogen-bond donors (Lipinski definition) is 1. The molecule has 0 bridgehead atoms. The van der Waals surface area contributed by atoms with E-state index in [1.807, 2.05) is 0 Å². The van der Waals surface area contributed by atoms with Gasteiger partial charge in [-0.3, -0.25) is 0 Å². The van der Waals surface area contributed by atoms with Gasteiger partial charge in [0.1, 0.15) is 0 Å². The van der Waals surface area contributed by atoms with Gasteiger partial charge in [-0.05, 0) is 12.8 Å². The van der Waals surface area contributed by atoms with E-state index in [0.29, 0.717) is 6.10 Å². The highest BCUT2D eigenvalue weighted by molar-refractivity contribution is 7.80. The summed E-state index contributed by atoms with van der Waals surface area (Å²) in [5, 5.41) is 0. The molecule has 0 rings (SSSR count). The van der Waals surface area contributed by atoms with Gasteiger partial charge in [0, 0.05) is 5.75 Å². The van der Waals surface area contributed by atoms with E-state index in [4.69, 9.17) is 4.74 Å². The first-order chi connectivity index (χ1) is 4.85. The molecule has 0 saturated carbocycles. The molecule has 0 spiro atoms. The van der Waals surface area contributed by atoms with Crippen LogP contribution in [0.1, 0.15) is 33.1 Å². The molecule has 2 heteroatoms. The van der Waals surface area contributed by atoms with Gasteiger partial charge in [-0.15, -0.1) is 0 Å². The Hall–Kier alpha value is 0.310. The molecule has 1 unspecified atom stereocenters. The van der Waals surface area contributed by atoms with E-state index in [-0.39, 0.29) is 0 Å². The summed E-state index contributed by atoms with van der Waals surface area (Å²) in [5.74, 6) is 0.834. The van der Waals surface area contributed by atoms with E-state index in [0.717, 1.165) is 18.8 Å². The number of rotatable bonds is 6. The minimum Gasteiger partial charge on any atom is -0.377 e. The molecule has 1 nitrogen and oxygen atoms in total. The second kappa shape index (κ2) is 7.42. The Morgan fingerprint density at radius 1 is 1.40 bits per heavy atom. The fourth-order valence-electron chi connectivity index (χ4n) is 0.947. The fourth-order valence-corrected chi connectivity index (χ4v) is 1.05. The van der Waals surface area contributed by atoms with Crippen molar-refractivity contribution in [2.45, 2.75) is 39.2 Å². The molecule has 0 aromatic carbocycles. The lowest BCUT2D eigenvalue weighted by Gasteiger charge is -2.13. The van der Waals surface area contributed by atoms with Gasteiger partial charge in [0.05, 0.1) is 12.7 Å². The third-order valence-corrected chi connectivity index (χ3v) is 1.69. The van der Waals surface area contributed by atoms with Crippen LogP contribution in [0.2, 0.25) is 0 Å². The van der Waals surface area contributed by atoms with Crippen molar-refractivity contribution in [3.63, 3.8) is 0 Å². The van der Waals surface area contributed by atoms with Crippen molar-refractivity contribution in [3.05, 3.63) is 0 Å². The standard InChI is InChI=1S/C8H18OS/c1-3-5-8(4-2)9-6-7-10/h8,10H,3-7H2,1-2H3. The van der Waals surface area contributed by atoms with Gasteiger partial charge in [0.2, 0.25) is 0 Å². The molecule has 0 aliphatic heterocycles. The van der Waals surface area contributed by atoms with Gasteiger partial charge in [0.15, 0.2) is 0 Å². The second-order valence-corrected chi connectivity index (χ2v) is 2.86. The molecule has 0 radical (unpaired) electrons. The van der Waals surface area contributed by atoms with Crippen LogP contribution in [-0.2, 0) is 4.74 Å². The lowest BCUT2D eigenvalue weighted by Crippen LogP contribution is -2.12. The molecule has 0 aromatic heterocycles. The maximum atomic E-state index is 5.50. The summed E-state index contributed by atoms with van der Waals surface area (Å²) in [4.78, 5) is 0. The lowest BCUT2D eigenvalue weighted by molar-refractivity contribution is 0.0557. The Kier molecular flexibility index (Phi) is 7.65. The maximum Gasteiger partial charge on any atom is 0.0572 e. The first-order valence-electron chi connectivity index (χ1n) is 4.07. The van der Waals surface area contributed by atoms with E-state index in [9.17, 15) is 0 Å². The Morgan fingerprint density at radius 2 is 2.10 bits per heavy atom. The zero-order chi connectivity index (χ0) is 7.82. The summed E-state index contributed by atoms with van der Waals surface area (Å²) in [6.07, 6.45) is 3.99. The van der Waals surface area contributed by atoms with Crippen molar-refractivity contribution in [1.82, 2.24) is 0 Å². The molecule has 10 heavy (non-hydrogen) atoms. The van der Waals surface area contributed by atoms with Crippen molar-refractivity contribution < 1.29 is 4.74 Å². The fraction of sp³-hybridized carbons (Fsp3) is 1.00. The van der Waals surface area contributed by atoms with Crippen LogP contribution < -0.4 is 0 Å². The summed E-state index contributed by atoms with van der Waals surface area (Å²) in [5.41, 5.74) is 0. The average molecular weight is 162 g/mol. The van der Waals surface area contributed by atoms with E-state index >= 15 is 0 Å². The first-order valence-corrected chi connectivity index (χ1v) is 4.70. The number of ether oxygens (including phenoxy) is 1. The van der Waals surface area contributed by atoms with Crippen molar-refractivity contribution in [3.8, 4) is 0 Å². The topological polar surface area (TPSA) is 9.23 Å². The molecule has 0 heterocycles. The molecule has 0 aromatic rings. The Bertz CT molecular complexity index is 66.3. The van der Waals surface area contributed by atoms with Gasteiger partial charge in [-0.2, -0.15) is 12.6 Å². The highest BCUT2D eigenvalue weighted by Crippen LogP contribution is 2.05. The molecular weight excluding hydrogens is 144 g/mol. The van der Waals surface area contributed by atoms with E-state index in [2.05, 4.69) is 26.5 Å². The quantitative estimate of drug-likeness (QED) is 0.590. The monoisotopic (exact) mass is 162 g/mol. The van der Waals surface area contributed by atoms with Gasteiger partial charge in [-0.1, -0.05) is 20.3 Å². The van der Waals surface area contributed by atoms with Gasteiger partial charge in [0.25, 0.3) is 0 Å². The van der Waals surface area contributed by atoms with Crippen LogP contribution in [-0.4, -0.2) is 18.5 Å². The zero-order valence-corrected chi connectivity index (χ0v) is 7.86. The molecule has 1 atom stereocenters. The highest BCUT2D eigenvalue weighted by Gasteiger charge is 2.02. The van der Waals surface area contributed by atoms with Crippen LogP contribution in [0.15, 0.2) is 0 Å². The molecule has 0 N–H and O–H groups in total. The molecule has 62 valence electrons. The van der Waals surface area contributed by atoms with Gasteiger partial charge in [-0.25, -0.2) is 0 Å². The summed E-state index contributed by atoms with van der Waals surface area (Å²) in [6, 6.07) is 0. The van der Waals surface area contributed by atoms with Crippen molar-refractivity contribution >= 4 is 12.6 Å². The number of thiol groups is 1. The third-order valence-electron chi connectivity index (χ3n) is 1.51. The molecule has 0 saturated heterocycles. The average Bonchev–Trinajstić information content (AvgIpc) is 1.98. The normalized spacial score (nSPS) is 13.5. The van der Waals surface area contributed by atoms with Crippen LogP contribution in [0, 0.1) is 0 Å². The Morgan fingerprint density at radius 3 is 2.50 bits per heavy atom. The molecule has 0 aliphatic rings. The predicted molar refractivity (Wildman–Crippen MR) is 48.8 cm³/mol. The maximum absolute atomic E-state index is 5.50. The van der Waals surface area contributed by atoms with Crippen LogP contribution in [0.4, 0.5) is 0 Å². The predicted octanol–water partition coefficient (Wildman–Crippen LogP) is 2.51. The summed E-state index contributed by atoms with van der Waals surface area (Å²) in [7, 11) is 0. The van der Waals surface area contributed by atoms with E-state index in [1.165, 1.54) is 12.8 Å². The molecule has 0 fully saturated rings. The SMILES string of the molecule is CCCC(CC)OCCS. The highest BCUT2D eigenvalue weighted by atomic mass is 32.1. The molecular formula is C8H18OS. The van der Waals surface area contributed by atoms with Crippen LogP contribution in [0.3, 0.4) is 0 Å². The summed E-state index contributed by atoms with van der Waals surface area (Å²) >= 11 is 4.08.